The minimum atomic E-state index is -4.47. The molecule has 0 saturated heterocycles. The molecule has 0 saturated carbocycles. The summed E-state index contributed by atoms with van der Waals surface area (Å²) in [6, 6.07) is 17.9. The summed E-state index contributed by atoms with van der Waals surface area (Å²) in [5, 5.41) is 18.0. The number of carboxylic acid groups (broad SMARTS) is 1. The molecule has 0 fully saturated rings. The lowest BCUT2D eigenvalue weighted by Gasteiger charge is -2.30. The number of rotatable bonds is 20. The molecule has 5 atom stereocenters. The van der Waals surface area contributed by atoms with Crippen LogP contribution in [-0.2, 0) is 41.8 Å². The van der Waals surface area contributed by atoms with Gasteiger partial charge in [0.05, 0.1) is 6.26 Å². The van der Waals surface area contributed by atoms with Crippen LogP contribution in [0.4, 0.5) is 0 Å². The predicted octanol–water partition coefficient (Wildman–Crippen LogP) is 4.10. The van der Waals surface area contributed by atoms with Gasteiger partial charge in [0, 0.05) is 42.0 Å². The Morgan fingerprint density at radius 2 is 1.60 bits per heavy atom. The fraction of sp³-hybridized carbons (Fsp3) is 0.432. The van der Waals surface area contributed by atoms with Gasteiger partial charge >= 0.3 is 5.97 Å². The minimum Gasteiger partial charge on any atom is -0.480 e. The van der Waals surface area contributed by atoms with E-state index in [1.165, 1.54) is 0 Å². The number of nitrogens with one attached hydrogen (secondary N) is 4. The number of aliphatic carboxylic acids is 1. The van der Waals surface area contributed by atoms with Gasteiger partial charge in [-0.25, -0.2) is 17.9 Å². The molecular weight excluding hydrogens is 705 g/mol. The Morgan fingerprint density at radius 1 is 0.904 bits per heavy atom. The molecule has 1 heterocycles. The quantitative estimate of drug-likeness (QED) is 0.0509. The summed E-state index contributed by atoms with van der Waals surface area (Å²) in [6.45, 7) is 4.04. The third kappa shape index (κ3) is 11.7. The summed E-state index contributed by atoms with van der Waals surface area (Å²) >= 11 is 0. The van der Waals surface area contributed by atoms with Gasteiger partial charge in [0.1, 0.15) is 17.9 Å². The number of hydrogen-bond acceptors (Lipinski definition) is 7. The fourth-order valence-electron chi connectivity index (χ4n) is 6.43. The number of carbonyl (C=O) groups excluding carboxylic acids is 2. The number of carboxylic acids is 1. The highest BCUT2D eigenvalue weighted by atomic mass is 32.2. The molecule has 0 aliphatic heterocycles. The molecule has 0 aliphatic rings. The van der Waals surface area contributed by atoms with E-state index in [2.05, 4.69) is 20.3 Å². The first-order chi connectivity index (χ1) is 24.6. The van der Waals surface area contributed by atoms with Crippen molar-refractivity contribution in [3.8, 4) is 0 Å². The second-order valence-corrected chi connectivity index (χ2v) is 18.1. The van der Waals surface area contributed by atoms with Crippen LogP contribution in [0.1, 0.15) is 50.7 Å². The van der Waals surface area contributed by atoms with Gasteiger partial charge in [0.2, 0.25) is 29.2 Å². The van der Waals surface area contributed by atoms with E-state index in [0.29, 0.717) is 30.5 Å². The Kier molecular flexibility index (Phi) is 14.2. The molecular formula is C37H50N5O8PS. The predicted molar refractivity (Wildman–Crippen MR) is 203 cm³/mol. The van der Waals surface area contributed by atoms with Crippen molar-refractivity contribution in [2.45, 2.75) is 70.2 Å². The number of unbranched alkanes of at least 4 members (excludes halogenated alkanes) is 1. The van der Waals surface area contributed by atoms with Crippen LogP contribution < -0.4 is 21.1 Å². The largest absolute Gasteiger partial charge is 0.480 e. The highest BCUT2D eigenvalue weighted by Crippen LogP contribution is 2.49. The Balaban J connectivity index is 1.63. The number of carbonyl (C=O) groups is 3. The maximum atomic E-state index is 14.5. The summed E-state index contributed by atoms with van der Waals surface area (Å²) in [6.07, 6.45) is 3.22. The van der Waals surface area contributed by atoms with Crippen molar-refractivity contribution in [1.82, 2.24) is 20.3 Å². The average Bonchev–Trinajstić information content (AvgIpc) is 3.48. The van der Waals surface area contributed by atoms with Gasteiger partial charge < -0.3 is 31.4 Å². The number of sulfonamides is 1. The Bertz CT molecular complexity index is 2020. The Labute approximate surface area is 304 Å². The van der Waals surface area contributed by atoms with Crippen LogP contribution in [0.15, 0.2) is 72.9 Å². The molecule has 0 aliphatic carbocycles. The maximum absolute atomic E-state index is 14.5. The topological polar surface area (TPSA) is 221 Å². The van der Waals surface area contributed by atoms with Crippen molar-refractivity contribution >= 4 is 56.9 Å². The first-order valence-corrected chi connectivity index (χ1v) is 21.2. The smallest absolute Gasteiger partial charge is 0.326 e. The van der Waals surface area contributed by atoms with Crippen molar-refractivity contribution in [2.24, 2.45) is 17.6 Å². The molecule has 13 nitrogen and oxygen atoms in total. The lowest BCUT2D eigenvalue weighted by molar-refractivity contribution is -0.142. The van der Waals surface area contributed by atoms with Gasteiger partial charge in [-0.15, -0.1) is 0 Å². The normalized spacial score (nSPS) is 15.5. The number of nitrogens with two attached hydrogens (primary N) is 1. The maximum Gasteiger partial charge on any atom is 0.326 e. The zero-order chi connectivity index (χ0) is 38.1. The SMILES string of the molecule is CC(C)CC(CP(=O)(O)C(Cc1ccc2ccccc2c1)NC(=O)[C@H](CCCCN)NS(C)(=O)=O)C(=O)N[C@@H](Cc1c[nH]c2ccccc12)C(=O)O. The summed E-state index contributed by atoms with van der Waals surface area (Å²) < 4.78 is 41.2. The number of aromatic nitrogens is 1. The molecule has 0 bridgehead atoms. The Morgan fingerprint density at radius 3 is 2.27 bits per heavy atom. The van der Waals surface area contributed by atoms with Crippen molar-refractivity contribution < 1.29 is 37.4 Å². The molecule has 4 aromatic rings. The van der Waals surface area contributed by atoms with Crippen LogP contribution in [0.5, 0.6) is 0 Å². The summed E-state index contributed by atoms with van der Waals surface area (Å²) in [5.74, 6) is -5.31. The average molecular weight is 756 g/mol. The molecule has 52 heavy (non-hydrogen) atoms. The lowest BCUT2D eigenvalue weighted by Crippen LogP contribution is -2.50. The number of aromatic amines is 1. The number of para-hydroxylation sites is 1. The minimum absolute atomic E-state index is 0.0181. The molecule has 282 valence electrons. The van der Waals surface area contributed by atoms with Crippen molar-refractivity contribution in [2.75, 3.05) is 19.0 Å². The molecule has 3 aromatic carbocycles. The lowest BCUT2D eigenvalue weighted by atomic mass is 9.97. The van der Waals surface area contributed by atoms with E-state index in [1.54, 1.807) is 12.3 Å². The molecule has 1 aromatic heterocycles. The first kappa shape index (κ1) is 40.7. The van der Waals surface area contributed by atoms with Crippen molar-refractivity contribution in [3.05, 3.63) is 84.1 Å². The van der Waals surface area contributed by atoms with Gasteiger partial charge in [0.25, 0.3) is 0 Å². The highest BCUT2D eigenvalue weighted by Gasteiger charge is 2.39. The molecule has 15 heteroatoms. The van der Waals surface area contributed by atoms with Crippen LogP contribution in [0.2, 0.25) is 0 Å². The van der Waals surface area contributed by atoms with E-state index >= 15 is 0 Å². The second-order valence-electron chi connectivity index (χ2n) is 13.9. The van der Waals surface area contributed by atoms with Crippen molar-refractivity contribution in [3.63, 3.8) is 0 Å². The Hall–Kier alpha value is -4.07. The van der Waals surface area contributed by atoms with Gasteiger partial charge in [-0.05, 0) is 59.7 Å². The molecule has 8 N–H and O–H groups in total. The molecule has 0 spiro atoms. The van der Waals surface area contributed by atoms with Gasteiger partial charge in [-0.2, -0.15) is 0 Å². The zero-order valence-electron chi connectivity index (χ0n) is 29.7. The second kappa shape index (κ2) is 18.1. The zero-order valence-corrected chi connectivity index (χ0v) is 31.5. The van der Waals surface area contributed by atoms with Crippen LogP contribution in [0, 0.1) is 11.8 Å². The summed E-state index contributed by atoms with van der Waals surface area (Å²) in [4.78, 5) is 54.8. The van der Waals surface area contributed by atoms with E-state index in [1.807, 2.05) is 74.5 Å². The molecule has 2 amide bonds. The van der Waals surface area contributed by atoms with E-state index in [4.69, 9.17) is 5.73 Å². The number of amides is 2. The fourth-order valence-corrected chi connectivity index (χ4v) is 9.20. The third-order valence-electron chi connectivity index (χ3n) is 8.98. The van der Waals surface area contributed by atoms with Gasteiger partial charge in [-0.3, -0.25) is 14.2 Å². The molecule has 4 rings (SSSR count). The van der Waals surface area contributed by atoms with E-state index in [9.17, 15) is 37.4 Å². The number of benzene rings is 3. The van der Waals surface area contributed by atoms with Gasteiger partial charge in [-0.1, -0.05) is 80.9 Å². The van der Waals surface area contributed by atoms with E-state index in [-0.39, 0.29) is 31.6 Å². The first-order valence-electron chi connectivity index (χ1n) is 17.4. The molecule has 3 unspecified atom stereocenters. The van der Waals surface area contributed by atoms with Crippen molar-refractivity contribution in [1.29, 1.82) is 0 Å². The van der Waals surface area contributed by atoms with Crippen LogP contribution in [-0.4, -0.2) is 78.0 Å². The number of hydrogen-bond donors (Lipinski definition) is 7. The number of H-pyrrole nitrogens is 1. The van der Waals surface area contributed by atoms with Gasteiger partial charge in [0.15, 0.2) is 0 Å². The summed E-state index contributed by atoms with van der Waals surface area (Å²) in [5.41, 5.74) is 7.77. The van der Waals surface area contributed by atoms with E-state index < -0.39 is 65.1 Å². The number of fused-ring (bicyclic) bond motifs is 2. The van der Waals surface area contributed by atoms with Crippen LogP contribution in [0.3, 0.4) is 0 Å². The summed E-state index contributed by atoms with van der Waals surface area (Å²) in [7, 11) is -8.30. The monoisotopic (exact) mass is 755 g/mol. The molecule has 0 radical (unpaired) electrons. The highest BCUT2D eigenvalue weighted by molar-refractivity contribution is 7.88. The standard InChI is InChI=1S/C37H50N5O8PS/c1-24(2)18-29(35(43)40-33(37(45)46)21-28-22-39-31-13-7-6-12-30(28)31)23-51(47,48)34(20-25-15-16-26-10-4-5-11-27(26)19-25)41-36(44)32(14-8-9-17-38)42-52(3,49)50/h4-7,10-13,15-16,19,22,24,29,32-34,39,42H,8-9,14,17-18,20-21,23,38H2,1-3H3,(H,40,43)(H,41,44)(H,45,46)(H,47,48)/t29?,32-,33-,34?/m0/s1. The van der Waals surface area contributed by atoms with E-state index in [0.717, 1.165) is 27.9 Å². The third-order valence-corrected chi connectivity index (χ3v) is 11.9. The van der Waals surface area contributed by atoms with Crippen LogP contribution >= 0.6 is 7.37 Å². The van der Waals surface area contributed by atoms with Crippen LogP contribution in [0.25, 0.3) is 21.7 Å².